The monoisotopic (exact) mass is 243 g/mol. The van der Waals surface area contributed by atoms with E-state index >= 15 is 0 Å². The van der Waals surface area contributed by atoms with Crippen LogP contribution >= 0.6 is 0 Å². The molecule has 102 valence electrons. The molecule has 0 aliphatic heterocycles. The lowest BCUT2D eigenvalue weighted by molar-refractivity contribution is -0.145. The van der Waals surface area contributed by atoms with Gasteiger partial charge in [-0.05, 0) is 31.2 Å². The summed E-state index contributed by atoms with van der Waals surface area (Å²) in [6.07, 6.45) is 0. The molecule has 0 aromatic rings. The fraction of sp³-hybridized carbons (Fsp3) is 0.929. The van der Waals surface area contributed by atoms with E-state index in [9.17, 15) is 4.79 Å². The van der Waals surface area contributed by atoms with Crippen molar-refractivity contribution >= 4 is 5.97 Å². The maximum atomic E-state index is 11.4. The van der Waals surface area contributed by atoms with E-state index in [-0.39, 0.29) is 17.9 Å². The number of hydrogen-bond acceptors (Lipinski definition) is 3. The number of carbonyl (C=O) groups excluding carboxylic acids is 1. The highest BCUT2D eigenvalue weighted by Gasteiger charge is 2.23. The van der Waals surface area contributed by atoms with Gasteiger partial charge in [0.15, 0.2) is 0 Å². The summed E-state index contributed by atoms with van der Waals surface area (Å²) in [5.41, 5.74) is 0. The first-order chi connectivity index (χ1) is 7.81. The third-order valence-corrected chi connectivity index (χ3v) is 3.71. The van der Waals surface area contributed by atoms with Crippen molar-refractivity contribution < 1.29 is 9.53 Å². The van der Waals surface area contributed by atoms with Crippen molar-refractivity contribution in [2.45, 2.75) is 47.6 Å². The van der Waals surface area contributed by atoms with E-state index in [2.05, 4.69) is 33.0 Å². The van der Waals surface area contributed by atoms with Crippen molar-refractivity contribution in [2.75, 3.05) is 13.7 Å². The summed E-state index contributed by atoms with van der Waals surface area (Å²) in [5.74, 6) is 1.71. The normalized spacial score (nSPS) is 15.4. The van der Waals surface area contributed by atoms with Crippen molar-refractivity contribution in [3.8, 4) is 0 Å². The highest BCUT2D eigenvalue weighted by atomic mass is 16.5. The number of esters is 1. The number of hydrogen-bond donors (Lipinski definition) is 1. The third-order valence-electron chi connectivity index (χ3n) is 3.71. The molecule has 0 fully saturated rings. The molecular weight excluding hydrogens is 214 g/mol. The molecule has 0 amide bonds. The van der Waals surface area contributed by atoms with Gasteiger partial charge >= 0.3 is 5.97 Å². The number of rotatable bonds is 7. The van der Waals surface area contributed by atoms with Crippen LogP contribution in [-0.4, -0.2) is 25.7 Å². The Morgan fingerprint density at radius 2 is 1.53 bits per heavy atom. The van der Waals surface area contributed by atoms with Crippen LogP contribution in [0.2, 0.25) is 0 Å². The van der Waals surface area contributed by atoms with Crippen LogP contribution in [0, 0.1) is 23.7 Å². The molecule has 3 nitrogen and oxygen atoms in total. The summed E-state index contributed by atoms with van der Waals surface area (Å²) in [7, 11) is 1.44. The summed E-state index contributed by atoms with van der Waals surface area (Å²) in [5, 5.41) is 3.46. The fourth-order valence-corrected chi connectivity index (χ4v) is 2.13. The minimum Gasteiger partial charge on any atom is -0.469 e. The lowest BCUT2D eigenvalue weighted by Crippen LogP contribution is -2.41. The summed E-state index contributed by atoms with van der Waals surface area (Å²) in [6, 6.07) is 0.155. The van der Waals surface area contributed by atoms with E-state index in [0.29, 0.717) is 17.8 Å². The van der Waals surface area contributed by atoms with Crippen LogP contribution in [0.4, 0.5) is 0 Å². The second-order valence-electron chi connectivity index (χ2n) is 5.66. The maximum absolute atomic E-state index is 11.4. The van der Waals surface area contributed by atoms with Gasteiger partial charge in [0.1, 0.15) is 0 Å². The summed E-state index contributed by atoms with van der Waals surface area (Å²) in [4.78, 5) is 11.4. The van der Waals surface area contributed by atoms with Gasteiger partial charge in [0.2, 0.25) is 0 Å². The Labute approximate surface area is 106 Å². The standard InChI is InChI=1S/C14H29NO2/c1-9(2)13(10(3)4)8-15-12(6)11(5)14(16)17-7/h9-13,15H,8H2,1-7H3. The molecule has 2 unspecified atom stereocenters. The first kappa shape index (κ1) is 16.4. The van der Waals surface area contributed by atoms with Gasteiger partial charge in [-0.2, -0.15) is 0 Å². The highest BCUT2D eigenvalue weighted by molar-refractivity contribution is 5.72. The predicted molar refractivity (Wildman–Crippen MR) is 71.8 cm³/mol. The van der Waals surface area contributed by atoms with Crippen molar-refractivity contribution in [1.29, 1.82) is 0 Å². The lowest BCUT2D eigenvalue weighted by atomic mass is 9.85. The molecule has 17 heavy (non-hydrogen) atoms. The van der Waals surface area contributed by atoms with Crippen LogP contribution in [-0.2, 0) is 9.53 Å². The Hall–Kier alpha value is -0.570. The van der Waals surface area contributed by atoms with E-state index in [1.54, 1.807) is 0 Å². The quantitative estimate of drug-likeness (QED) is 0.699. The number of nitrogens with one attached hydrogen (secondary N) is 1. The molecule has 3 heteroatoms. The Morgan fingerprint density at radius 1 is 1.06 bits per heavy atom. The van der Waals surface area contributed by atoms with E-state index in [0.717, 1.165) is 6.54 Å². The van der Waals surface area contributed by atoms with Gasteiger partial charge in [-0.25, -0.2) is 0 Å². The topological polar surface area (TPSA) is 38.3 Å². The number of ether oxygens (including phenoxy) is 1. The van der Waals surface area contributed by atoms with Crippen LogP contribution in [0.25, 0.3) is 0 Å². The SMILES string of the molecule is COC(=O)C(C)C(C)NCC(C(C)C)C(C)C. The predicted octanol–water partition coefficient (Wildman–Crippen LogP) is 2.70. The molecule has 0 bridgehead atoms. The van der Waals surface area contributed by atoms with Crippen LogP contribution in [0.5, 0.6) is 0 Å². The molecule has 2 atom stereocenters. The molecule has 0 aromatic heterocycles. The largest absolute Gasteiger partial charge is 0.469 e. The zero-order chi connectivity index (χ0) is 13.6. The van der Waals surface area contributed by atoms with Gasteiger partial charge in [0, 0.05) is 6.04 Å². The smallest absolute Gasteiger partial charge is 0.309 e. The van der Waals surface area contributed by atoms with Gasteiger partial charge in [-0.15, -0.1) is 0 Å². The molecule has 1 N–H and O–H groups in total. The summed E-state index contributed by atoms with van der Waals surface area (Å²) < 4.78 is 4.76. The van der Waals surface area contributed by atoms with Crippen molar-refractivity contribution in [1.82, 2.24) is 5.32 Å². The second kappa shape index (κ2) is 7.70. The van der Waals surface area contributed by atoms with Crippen LogP contribution in [0.1, 0.15) is 41.5 Å². The zero-order valence-electron chi connectivity index (χ0n) is 12.4. The van der Waals surface area contributed by atoms with Gasteiger partial charge in [-0.1, -0.05) is 34.6 Å². The van der Waals surface area contributed by atoms with Crippen LogP contribution in [0.3, 0.4) is 0 Å². The molecule has 0 spiro atoms. The average Bonchev–Trinajstić information content (AvgIpc) is 2.25. The van der Waals surface area contributed by atoms with E-state index < -0.39 is 0 Å². The van der Waals surface area contributed by atoms with Gasteiger partial charge in [-0.3, -0.25) is 4.79 Å². The van der Waals surface area contributed by atoms with E-state index in [4.69, 9.17) is 4.74 Å². The first-order valence-electron chi connectivity index (χ1n) is 6.62. The lowest BCUT2D eigenvalue weighted by Gasteiger charge is -2.28. The fourth-order valence-electron chi connectivity index (χ4n) is 2.13. The molecule has 0 aliphatic rings. The minimum atomic E-state index is -0.143. The molecule has 0 saturated carbocycles. The van der Waals surface area contributed by atoms with Crippen LogP contribution < -0.4 is 5.32 Å². The molecular formula is C14H29NO2. The molecule has 0 rings (SSSR count). The summed E-state index contributed by atoms with van der Waals surface area (Å²) >= 11 is 0. The first-order valence-corrected chi connectivity index (χ1v) is 6.62. The van der Waals surface area contributed by atoms with Crippen LogP contribution in [0.15, 0.2) is 0 Å². The number of methoxy groups -OCH3 is 1. The van der Waals surface area contributed by atoms with Gasteiger partial charge in [0.05, 0.1) is 13.0 Å². The van der Waals surface area contributed by atoms with Crippen molar-refractivity contribution in [3.05, 3.63) is 0 Å². The zero-order valence-corrected chi connectivity index (χ0v) is 12.4. The van der Waals surface area contributed by atoms with Crippen molar-refractivity contribution in [2.24, 2.45) is 23.7 Å². The Bertz CT molecular complexity index is 218. The molecule has 0 heterocycles. The third kappa shape index (κ3) is 5.53. The Morgan fingerprint density at radius 3 is 1.88 bits per heavy atom. The second-order valence-corrected chi connectivity index (χ2v) is 5.66. The van der Waals surface area contributed by atoms with Gasteiger partial charge < -0.3 is 10.1 Å². The molecule has 0 aromatic carbocycles. The van der Waals surface area contributed by atoms with Gasteiger partial charge in [0.25, 0.3) is 0 Å². The molecule has 0 aliphatic carbocycles. The Balaban J connectivity index is 4.21. The minimum absolute atomic E-state index is 0.0972. The van der Waals surface area contributed by atoms with E-state index in [1.807, 2.05) is 13.8 Å². The highest BCUT2D eigenvalue weighted by Crippen LogP contribution is 2.20. The maximum Gasteiger partial charge on any atom is 0.309 e. The molecule has 0 radical (unpaired) electrons. The van der Waals surface area contributed by atoms with E-state index in [1.165, 1.54) is 7.11 Å². The summed E-state index contributed by atoms with van der Waals surface area (Å²) in [6.45, 7) is 13.9. The molecule has 0 saturated heterocycles. The average molecular weight is 243 g/mol. The van der Waals surface area contributed by atoms with Crippen molar-refractivity contribution in [3.63, 3.8) is 0 Å². The number of carbonyl (C=O) groups is 1. The Kier molecular flexibility index (Phi) is 7.44.